The molecule has 1 aliphatic heterocycles. The van der Waals surface area contributed by atoms with Crippen molar-refractivity contribution in [3.8, 4) is 5.75 Å². The molecular formula is C10H13NO. The van der Waals surface area contributed by atoms with Crippen molar-refractivity contribution < 1.29 is 4.74 Å². The number of ether oxygens (including phenoxy) is 1. The molecule has 12 heavy (non-hydrogen) atoms. The lowest BCUT2D eigenvalue weighted by Gasteiger charge is -2.04. The number of fused-ring (bicyclic) bond motifs is 1. The average molecular weight is 163 g/mol. The Morgan fingerprint density at radius 1 is 1.42 bits per heavy atom. The number of hydrogen-bond acceptors (Lipinski definition) is 2. The second-order valence-electron chi connectivity index (χ2n) is 3.03. The molecule has 1 aromatic carbocycles. The minimum absolute atomic E-state index is 0.719. The number of hydrogen-bond donors (Lipinski definition) is 1. The van der Waals surface area contributed by atoms with E-state index in [1.54, 1.807) is 0 Å². The Kier molecular flexibility index (Phi) is 2.00. The van der Waals surface area contributed by atoms with Crippen LogP contribution in [0.2, 0.25) is 0 Å². The van der Waals surface area contributed by atoms with E-state index in [4.69, 9.17) is 10.5 Å². The minimum atomic E-state index is 0.719. The summed E-state index contributed by atoms with van der Waals surface area (Å²) in [5.74, 6) is 1.06. The molecular weight excluding hydrogens is 150 g/mol. The smallest absolute Gasteiger partial charge is 0.122 e. The van der Waals surface area contributed by atoms with E-state index >= 15 is 0 Å². The summed E-state index contributed by atoms with van der Waals surface area (Å²) >= 11 is 0. The van der Waals surface area contributed by atoms with Crippen LogP contribution in [0.1, 0.15) is 11.1 Å². The first-order valence-corrected chi connectivity index (χ1v) is 4.35. The summed E-state index contributed by atoms with van der Waals surface area (Å²) in [7, 11) is 0. The van der Waals surface area contributed by atoms with Crippen molar-refractivity contribution in [2.45, 2.75) is 12.8 Å². The van der Waals surface area contributed by atoms with Crippen molar-refractivity contribution in [1.29, 1.82) is 0 Å². The van der Waals surface area contributed by atoms with Crippen molar-refractivity contribution in [2.24, 2.45) is 5.73 Å². The molecule has 2 nitrogen and oxygen atoms in total. The zero-order chi connectivity index (χ0) is 8.39. The van der Waals surface area contributed by atoms with E-state index in [1.165, 1.54) is 11.1 Å². The minimum Gasteiger partial charge on any atom is -0.493 e. The van der Waals surface area contributed by atoms with Crippen molar-refractivity contribution in [3.63, 3.8) is 0 Å². The molecule has 1 aliphatic rings. The van der Waals surface area contributed by atoms with Crippen LogP contribution in [0.4, 0.5) is 0 Å². The van der Waals surface area contributed by atoms with Crippen LogP contribution < -0.4 is 10.5 Å². The molecule has 0 aliphatic carbocycles. The quantitative estimate of drug-likeness (QED) is 0.709. The molecule has 0 bridgehead atoms. The van der Waals surface area contributed by atoms with Gasteiger partial charge in [-0.05, 0) is 24.6 Å². The summed E-state index contributed by atoms with van der Waals surface area (Å²) in [6, 6.07) is 6.21. The molecule has 0 aromatic heterocycles. The SMILES string of the molecule is NCCc1cccc2c1CCO2. The molecule has 0 amide bonds. The summed E-state index contributed by atoms with van der Waals surface area (Å²) in [4.78, 5) is 0. The zero-order valence-electron chi connectivity index (χ0n) is 7.05. The van der Waals surface area contributed by atoms with E-state index in [1.807, 2.05) is 12.1 Å². The van der Waals surface area contributed by atoms with Gasteiger partial charge in [-0.2, -0.15) is 0 Å². The van der Waals surface area contributed by atoms with Gasteiger partial charge in [0.1, 0.15) is 5.75 Å². The zero-order valence-corrected chi connectivity index (χ0v) is 7.05. The first-order valence-electron chi connectivity index (χ1n) is 4.35. The fourth-order valence-electron chi connectivity index (χ4n) is 1.68. The molecule has 0 saturated carbocycles. The standard InChI is InChI=1S/C10H13NO/c11-6-4-8-2-1-3-10-9(8)5-7-12-10/h1-3H,4-7,11H2. The lowest BCUT2D eigenvalue weighted by Crippen LogP contribution is -2.04. The molecule has 64 valence electrons. The molecule has 0 spiro atoms. The van der Waals surface area contributed by atoms with Crippen LogP contribution in [0, 0.1) is 0 Å². The normalized spacial score (nSPS) is 14.1. The molecule has 2 N–H and O–H groups in total. The Bertz CT molecular complexity index is 283. The highest BCUT2D eigenvalue weighted by Crippen LogP contribution is 2.27. The molecule has 1 heterocycles. The van der Waals surface area contributed by atoms with Crippen molar-refractivity contribution >= 4 is 0 Å². The molecule has 0 saturated heterocycles. The highest BCUT2D eigenvalue weighted by Gasteiger charge is 2.14. The van der Waals surface area contributed by atoms with Crippen LogP contribution in [0.3, 0.4) is 0 Å². The van der Waals surface area contributed by atoms with Gasteiger partial charge in [-0.3, -0.25) is 0 Å². The third kappa shape index (κ3) is 1.18. The van der Waals surface area contributed by atoms with Crippen LogP contribution in [-0.4, -0.2) is 13.2 Å². The molecule has 1 aromatic rings. The number of rotatable bonds is 2. The van der Waals surface area contributed by atoms with Crippen molar-refractivity contribution in [1.82, 2.24) is 0 Å². The monoisotopic (exact) mass is 163 g/mol. The fourth-order valence-corrected chi connectivity index (χ4v) is 1.68. The lowest BCUT2D eigenvalue weighted by molar-refractivity contribution is 0.357. The van der Waals surface area contributed by atoms with E-state index in [9.17, 15) is 0 Å². The Morgan fingerprint density at radius 3 is 3.17 bits per heavy atom. The first-order chi connectivity index (χ1) is 5.92. The van der Waals surface area contributed by atoms with Gasteiger partial charge in [0, 0.05) is 12.0 Å². The second kappa shape index (κ2) is 3.15. The Balaban J connectivity index is 2.36. The molecule has 0 fully saturated rings. The topological polar surface area (TPSA) is 35.2 Å². The first kappa shape index (κ1) is 7.62. The number of benzene rings is 1. The Hall–Kier alpha value is -1.02. The maximum absolute atomic E-state index is 5.51. The Morgan fingerprint density at radius 2 is 2.33 bits per heavy atom. The maximum atomic E-state index is 5.51. The molecule has 2 rings (SSSR count). The number of nitrogens with two attached hydrogens (primary N) is 1. The van der Waals surface area contributed by atoms with Gasteiger partial charge < -0.3 is 10.5 Å². The lowest BCUT2D eigenvalue weighted by atomic mass is 10.0. The summed E-state index contributed by atoms with van der Waals surface area (Å²) < 4.78 is 5.44. The molecule has 0 atom stereocenters. The average Bonchev–Trinajstić information content (AvgIpc) is 2.53. The van der Waals surface area contributed by atoms with Crippen LogP contribution in [0.5, 0.6) is 5.75 Å². The van der Waals surface area contributed by atoms with E-state index in [0.717, 1.165) is 31.7 Å². The van der Waals surface area contributed by atoms with E-state index in [0.29, 0.717) is 0 Å². The van der Waals surface area contributed by atoms with Crippen molar-refractivity contribution in [2.75, 3.05) is 13.2 Å². The van der Waals surface area contributed by atoms with Gasteiger partial charge in [0.15, 0.2) is 0 Å². The van der Waals surface area contributed by atoms with Crippen LogP contribution >= 0.6 is 0 Å². The fraction of sp³-hybridized carbons (Fsp3) is 0.400. The van der Waals surface area contributed by atoms with Gasteiger partial charge in [-0.25, -0.2) is 0 Å². The third-order valence-electron chi connectivity index (χ3n) is 2.25. The third-order valence-corrected chi connectivity index (χ3v) is 2.25. The predicted octanol–water partition coefficient (Wildman–Crippen LogP) is 1.12. The predicted molar refractivity (Wildman–Crippen MR) is 48.4 cm³/mol. The Labute approximate surface area is 72.3 Å². The molecule has 0 unspecified atom stereocenters. The van der Waals surface area contributed by atoms with Crippen LogP contribution in [-0.2, 0) is 12.8 Å². The second-order valence-corrected chi connectivity index (χ2v) is 3.03. The molecule has 2 heteroatoms. The van der Waals surface area contributed by atoms with Gasteiger partial charge >= 0.3 is 0 Å². The van der Waals surface area contributed by atoms with E-state index in [2.05, 4.69) is 6.07 Å². The molecule has 0 radical (unpaired) electrons. The van der Waals surface area contributed by atoms with Crippen LogP contribution in [0.15, 0.2) is 18.2 Å². The van der Waals surface area contributed by atoms with Gasteiger partial charge in [0.05, 0.1) is 6.61 Å². The van der Waals surface area contributed by atoms with Gasteiger partial charge in [-0.15, -0.1) is 0 Å². The summed E-state index contributed by atoms with van der Waals surface area (Å²) in [5.41, 5.74) is 8.23. The summed E-state index contributed by atoms with van der Waals surface area (Å²) in [5, 5.41) is 0. The largest absolute Gasteiger partial charge is 0.493 e. The van der Waals surface area contributed by atoms with Gasteiger partial charge in [0.2, 0.25) is 0 Å². The highest BCUT2D eigenvalue weighted by molar-refractivity contribution is 5.42. The van der Waals surface area contributed by atoms with E-state index in [-0.39, 0.29) is 0 Å². The van der Waals surface area contributed by atoms with Gasteiger partial charge in [-0.1, -0.05) is 12.1 Å². The maximum Gasteiger partial charge on any atom is 0.122 e. The van der Waals surface area contributed by atoms with Crippen molar-refractivity contribution in [3.05, 3.63) is 29.3 Å². The van der Waals surface area contributed by atoms with E-state index < -0.39 is 0 Å². The summed E-state index contributed by atoms with van der Waals surface area (Å²) in [6.07, 6.45) is 2.01. The van der Waals surface area contributed by atoms with Gasteiger partial charge in [0.25, 0.3) is 0 Å². The van der Waals surface area contributed by atoms with Crippen LogP contribution in [0.25, 0.3) is 0 Å². The summed E-state index contributed by atoms with van der Waals surface area (Å²) in [6.45, 7) is 1.55. The highest BCUT2D eigenvalue weighted by atomic mass is 16.5.